The van der Waals surface area contributed by atoms with E-state index < -0.39 is 0 Å². The largest absolute Gasteiger partial charge is 0.312 e. The Balaban J connectivity index is 1.97. The molecule has 0 amide bonds. The van der Waals surface area contributed by atoms with Gasteiger partial charge in [-0.15, -0.1) is 11.3 Å². The number of hydrogen-bond donors (Lipinski definition) is 1. The van der Waals surface area contributed by atoms with Crippen LogP contribution in [0.2, 0.25) is 0 Å². The Morgan fingerprint density at radius 3 is 2.88 bits per heavy atom. The van der Waals surface area contributed by atoms with Crippen molar-refractivity contribution in [1.29, 1.82) is 0 Å². The fourth-order valence-electron chi connectivity index (χ4n) is 2.08. The van der Waals surface area contributed by atoms with E-state index in [-0.39, 0.29) is 5.41 Å². The van der Waals surface area contributed by atoms with Gasteiger partial charge >= 0.3 is 0 Å². The van der Waals surface area contributed by atoms with Crippen LogP contribution in [0.15, 0.2) is 6.20 Å². The molecule has 1 fully saturated rings. The van der Waals surface area contributed by atoms with Gasteiger partial charge in [0.1, 0.15) is 5.01 Å². The van der Waals surface area contributed by atoms with Crippen LogP contribution in [0.3, 0.4) is 0 Å². The molecule has 96 valence electrons. The van der Waals surface area contributed by atoms with Crippen LogP contribution in [0.5, 0.6) is 0 Å². The zero-order chi connectivity index (χ0) is 12.5. The molecule has 0 unspecified atom stereocenters. The molecule has 0 bridgehead atoms. The van der Waals surface area contributed by atoms with Crippen LogP contribution in [-0.2, 0) is 12.0 Å². The van der Waals surface area contributed by atoms with Crippen LogP contribution < -0.4 is 5.32 Å². The van der Waals surface area contributed by atoms with Gasteiger partial charge in [-0.3, -0.25) is 4.90 Å². The van der Waals surface area contributed by atoms with E-state index in [1.54, 1.807) is 0 Å². The van der Waals surface area contributed by atoms with Crippen molar-refractivity contribution in [2.45, 2.75) is 45.7 Å². The molecule has 0 aromatic carbocycles. The van der Waals surface area contributed by atoms with Crippen molar-refractivity contribution in [3.63, 3.8) is 0 Å². The predicted octanol–water partition coefficient (Wildman–Crippen LogP) is 2.23. The summed E-state index contributed by atoms with van der Waals surface area (Å²) in [6.45, 7) is 13.4. The Labute approximate surface area is 108 Å². The highest BCUT2D eigenvalue weighted by atomic mass is 32.1. The summed E-state index contributed by atoms with van der Waals surface area (Å²) in [6.07, 6.45) is 2.05. The second-order valence-corrected chi connectivity index (χ2v) is 7.07. The number of aromatic nitrogens is 1. The molecule has 1 aliphatic rings. The summed E-state index contributed by atoms with van der Waals surface area (Å²) in [5, 5.41) is 4.72. The van der Waals surface area contributed by atoms with E-state index in [1.165, 1.54) is 9.88 Å². The number of hydrogen-bond acceptors (Lipinski definition) is 4. The third-order valence-corrected chi connectivity index (χ3v) is 4.51. The van der Waals surface area contributed by atoms with E-state index in [2.05, 4.69) is 42.9 Å². The van der Waals surface area contributed by atoms with Gasteiger partial charge in [-0.1, -0.05) is 20.8 Å². The van der Waals surface area contributed by atoms with Gasteiger partial charge in [-0.2, -0.15) is 0 Å². The number of piperazine rings is 1. The molecule has 1 aliphatic heterocycles. The summed E-state index contributed by atoms with van der Waals surface area (Å²) in [4.78, 5) is 8.44. The highest BCUT2D eigenvalue weighted by Crippen LogP contribution is 2.28. The average Bonchev–Trinajstić information content (AvgIpc) is 2.65. The molecule has 0 aliphatic carbocycles. The van der Waals surface area contributed by atoms with Crippen LogP contribution in [0.1, 0.15) is 37.6 Å². The predicted molar refractivity (Wildman–Crippen MR) is 73.6 cm³/mol. The van der Waals surface area contributed by atoms with Crippen LogP contribution >= 0.6 is 11.3 Å². The molecule has 0 radical (unpaired) electrons. The van der Waals surface area contributed by atoms with E-state index in [4.69, 9.17) is 0 Å². The average molecular weight is 253 g/mol. The molecule has 2 rings (SSSR count). The minimum Gasteiger partial charge on any atom is -0.312 e. The molecule has 1 N–H and O–H groups in total. The van der Waals surface area contributed by atoms with Crippen molar-refractivity contribution >= 4 is 11.3 Å². The Hall–Kier alpha value is -0.450. The van der Waals surface area contributed by atoms with Gasteiger partial charge in [-0.25, -0.2) is 4.98 Å². The van der Waals surface area contributed by atoms with E-state index in [0.717, 1.165) is 26.2 Å². The number of nitrogens with one attached hydrogen (secondary N) is 1. The molecule has 3 nitrogen and oxygen atoms in total. The maximum Gasteiger partial charge on any atom is 0.107 e. The third-order valence-electron chi connectivity index (χ3n) is 3.10. The lowest BCUT2D eigenvalue weighted by molar-refractivity contribution is 0.199. The van der Waals surface area contributed by atoms with Crippen LogP contribution in [-0.4, -0.2) is 35.6 Å². The Morgan fingerprint density at radius 1 is 1.53 bits per heavy atom. The summed E-state index contributed by atoms with van der Waals surface area (Å²) in [5.74, 6) is 0. The second kappa shape index (κ2) is 5.04. The van der Waals surface area contributed by atoms with Crippen LogP contribution in [0.25, 0.3) is 0 Å². The highest BCUT2D eigenvalue weighted by Gasteiger charge is 2.20. The topological polar surface area (TPSA) is 28.2 Å². The first-order chi connectivity index (χ1) is 7.95. The number of nitrogens with zero attached hydrogens (tertiary/aromatic N) is 2. The van der Waals surface area contributed by atoms with Crippen molar-refractivity contribution in [3.05, 3.63) is 16.1 Å². The molecule has 1 saturated heterocycles. The normalized spacial score (nSPS) is 22.9. The van der Waals surface area contributed by atoms with Gasteiger partial charge in [0.2, 0.25) is 0 Å². The van der Waals surface area contributed by atoms with Crippen molar-refractivity contribution in [1.82, 2.24) is 15.2 Å². The number of thiazole rings is 1. The molecule has 0 spiro atoms. The molecule has 1 aromatic heterocycles. The van der Waals surface area contributed by atoms with Crippen LogP contribution in [0.4, 0.5) is 0 Å². The molecule has 1 aromatic rings. The van der Waals surface area contributed by atoms with Crippen molar-refractivity contribution in [2.24, 2.45) is 0 Å². The Morgan fingerprint density at radius 2 is 2.29 bits per heavy atom. The van der Waals surface area contributed by atoms with Crippen molar-refractivity contribution in [3.8, 4) is 0 Å². The fourth-order valence-corrected chi connectivity index (χ4v) is 3.10. The summed E-state index contributed by atoms with van der Waals surface area (Å²) >= 11 is 1.86. The summed E-state index contributed by atoms with van der Waals surface area (Å²) in [5.41, 5.74) is 0.229. The SMILES string of the molecule is C[C@H]1CN(Cc2ncc(C(C)(C)C)s2)CCN1. The van der Waals surface area contributed by atoms with E-state index >= 15 is 0 Å². The van der Waals surface area contributed by atoms with Gasteiger partial charge < -0.3 is 5.32 Å². The Bertz CT molecular complexity index is 367. The minimum atomic E-state index is 0.229. The van der Waals surface area contributed by atoms with Crippen molar-refractivity contribution in [2.75, 3.05) is 19.6 Å². The molecule has 2 heterocycles. The number of rotatable bonds is 2. The first kappa shape index (κ1) is 13.0. The maximum atomic E-state index is 4.56. The van der Waals surface area contributed by atoms with Gasteiger partial charge in [-0.05, 0) is 12.3 Å². The maximum absolute atomic E-state index is 4.56. The van der Waals surface area contributed by atoms with Gasteiger partial charge in [0, 0.05) is 36.8 Å². The monoisotopic (exact) mass is 253 g/mol. The molecule has 1 atom stereocenters. The highest BCUT2D eigenvalue weighted by molar-refractivity contribution is 7.11. The molecule has 4 heteroatoms. The summed E-state index contributed by atoms with van der Waals surface area (Å²) in [6, 6.07) is 0.603. The Kier molecular flexibility index (Phi) is 3.85. The minimum absolute atomic E-state index is 0.229. The molecule has 17 heavy (non-hydrogen) atoms. The first-order valence-corrected chi connectivity index (χ1v) is 7.18. The van der Waals surface area contributed by atoms with Gasteiger partial charge in [0.15, 0.2) is 0 Å². The van der Waals surface area contributed by atoms with E-state index in [1.807, 2.05) is 17.5 Å². The lowest BCUT2D eigenvalue weighted by Gasteiger charge is -2.31. The smallest absolute Gasteiger partial charge is 0.107 e. The molecular weight excluding hydrogens is 230 g/mol. The molecule has 0 saturated carbocycles. The first-order valence-electron chi connectivity index (χ1n) is 6.36. The summed E-state index contributed by atoms with van der Waals surface area (Å²) < 4.78 is 0. The summed E-state index contributed by atoms with van der Waals surface area (Å²) in [7, 11) is 0. The van der Waals surface area contributed by atoms with E-state index in [0.29, 0.717) is 6.04 Å². The van der Waals surface area contributed by atoms with Crippen LogP contribution in [0, 0.1) is 0 Å². The fraction of sp³-hybridized carbons (Fsp3) is 0.769. The second-order valence-electron chi connectivity index (χ2n) is 5.96. The quantitative estimate of drug-likeness (QED) is 0.876. The zero-order valence-electron chi connectivity index (χ0n) is 11.3. The zero-order valence-corrected chi connectivity index (χ0v) is 12.1. The van der Waals surface area contributed by atoms with Gasteiger partial charge in [0.25, 0.3) is 0 Å². The van der Waals surface area contributed by atoms with E-state index in [9.17, 15) is 0 Å². The van der Waals surface area contributed by atoms with Crippen molar-refractivity contribution < 1.29 is 0 Å². The lowest BCUT2D eigenvalue weighted by atomic mass is 9.96. The molecular formula is C13H23N3S. The van der Waals surface area contributed by atoms with Gasteiger partial charge in [0.05, 0.1) is 6.54 Å². The lowest BCUT2D eigenvalue weighted by Crippen LogP contribution is -2.48. The standard InChI is InChI=1S/C13H23N3S/c1-10-8-16(6-5-14-10)9-12-15-7-11(17-12)13(2,3)4/h7,10,14H,5-6,8-9H2,1-4H3/t10-/m0/s1. The third kappa shape index (κ3) is 3.50.